The van der Waals surface area contributed by atoms with Crippen LogP contribution in [0.4, 0.5) is 0 Å². The number of hydrogen-bond acceptors (Lipinski definition) is 3. The lowest BCUT2D eigenvalue weighted by molar-refractivity contribution is 0.199. The first-order valence-electron chi connectivity index (χ1n) is 4.60. The third kappa shape index (κ3) is 2.17. The topological polar surface area (TPSA) is 35.0 Å². The van der Waals surface area contributed by atoms with E-state index in [1.807, 2.05) is 0 Å². The quantitative estimate of drug-likeness (QED) is 0.779. The molecule has 14 heavy (non-hydrogen) atoms. The second-order valence-corrected chi connectivity index (χ2v) is 4.46. The zero-order chi connectivity index (χ0) is 9.97. The lowest BCUT2D eigenvalue weighted by Gasteiger charge is -2.12. The van der Waals surface area contributed by atoms with Crippen LogP contribution in [0.5, 0.6) is 5.88 Å². The average molecular weight is 278 g/mol. The number of ether oxygens (including phenoxy) is 1. The Hall–Kier alpha value is -0.350. The van der Waals surface area contributed by atoms with E-state index in [1.165, 1.54) is 19.2 Å². The third-order valence-corrected chi connectivity index (χ3v) is 3.53. The molecule has 0 N–H and O–H groups in total. The van der Waals surface area contributed by atoms with Crippen molar-refractivity contribution in [3.05, 3.63) is 16.0 Å². The highest BCUT2D eigenvalue weighted by molar-refractivity contribution is 9.10. The van der Waals surface area contributed by atoms with Gasteiger partial charge in [-0.3, -0.25) is 0 Å². The molecule has 3 nitrogen and oxygen atoms in total. The van der Waals surface area contributed by atoms with Crippen LogP contribution < -0.4 is 4.74 Å². The van der Waals surface area contributed by atoms with Gasteiger partial charge in [0.2, 0.25) is 5.88 Å². The molecule has 2 rings (SSSR count). The summed E-state index contributed by atoms with van der Waals surface area (Å²) in [5, 5.41) is 0.396. The fourth-order valence-electron chi connectivity index (χ4n) is 1.58. The van der Waals surface area contributed by atoms with Crippen LogP contribution >= 0.6 is 27.5 Å². The second kappa shape index (κ2) is 4.45. The monoisotopic (exact) mass is 276 g/mol. The lowest BCUT2D eigenvalue weighted by Crippen LogP contribution is -2.12. The van der Waals surface area contributed by atoms with Gasteiger partial charge in [0, 0.05) is 0 Å². The Morgan fingerprint density at radius 1 is 1.36 bits per heavy atom. The van der Waals surface area contributed by atoms with Crippen molar-refractivity contribution in [1.29, 1.82) is 0 Å². The zero-order valence-corrected chi connectivity index (χ0v) is 9.88. The van der Waals surface area contributed by atoms with Crippen molar-refractivity contribution < 1.29 is 4.74 Å². The van der Waals surface area contributed by atoms with E-state index in [9.17, 15) is 0 Å². The van der Waals surface area contributed by atoms with Crippen LogP contribution in [-0.4, -0.2) is 16.1 Å². The number of aromatic nitrogens is 2. The Morgan fingerprint density at radius 3 is 2.79 bits per heavy atom. The summed E-state index contributed by atoms with van der Waals surface area (Å²) in [4.78, 5) is 7.88. The fourth-order valence-corrected chi connectivity index (χ4v) is 2.00. The molecule has 76 valence electrons. The molecule has 1 aliphatic rings. The van der Waals surface area contributed by atoms with Crippen molar-refractivity contribution >= 4 is 27.5 Å². The van der Waals surface area contributed by atoms with Crippen molar-refractivity contribution in [2.45, 2.75) is 31.8 Å². The Bertz CT molecular complexity index is 329. The number of halogens is 2. The Kier molecular flexibility index (Phi) is 3.23. The van der Waals surface area contributed by atoms with E-state index in [0.717, 1.165) is 12.8 Å². The van der Waals surface area contributed by atoms with Crippen LogP contribution in [0.2, 0.25) is 5.15 Å². The van der Waals surface area contributed by atoms with Crippen LogP contribution in [0, 0.1) is 0 Å². The van der Waals surface area contributed by atoms with E-state index in [-0.39, 0.29) is 6.10 Å². The minimum atomic E-state index is 0.289. The molecule has 0 amide bonds. The maximum atomic E-state index is 5.82. The van der Waals surface area contributed by atoms with Crippen molar-refractivity contribution in [3.8, 4) is 5.88 Å². The molecule has 0 unspecified atom stereocenters. The van der Waals surface area contributed by atoms with Crippen LogP contribution in [0.15, 0.2) is 10.8 Å². The second-order valence-electron chi connectivity index (χ2n) is 3.31. The molecule has 0 radical (unpaired) electrons. The van der Waals surface area contributed by atoms with Gasteiger partial charge in [-0.1, -0.05) is 11.6 Å². The molecule has 1 fully saturated rings. The van der Waals surface area contributed by atoms with E-state index in [2.05, 4.69) is 25.9 Å². The van der Waals surface area contributed by atoms with Crippen molar-refractivity contribution in [1.82, 2.24) is 9.97 Å². The first kappa shape index (κ1) is 10.2. The van der Waals surface area contributed by atoms with Gasteiger partial charge in [0.15, 0.2) is 5.15 Å². The normalized spacial score (nSPS) is 17.3. The number of nitrogens with zero attached hydrogens (tertiary/aromatic N) is 2. The van der Waals surface area contributed by atoms with Gasteiger partial charge in [-0.05, 0) is 41.6 Å². The van der Waals surface area contributed by atoms with Gasteiger partial charge in [-0.2, -0.15) is 0 Å². The third-order valence-electron chi connectivity index (χ3n) is 2.30. The highest BCUT2D eigenvalue weighted by atomic mass is 79.9. The summed E-state index contributed by atoms with van der Waals surface area (Å²) in [6, 6.07) is 0. The van der Waals surface area contributed by atoms with Gasteiger partial charge in [0.1, 0.15) is 16.9 Å². The van der Waals surface area contributed by atoms with Crippen LogP contribution in [-0.2, 0) is 0 Å². The van der Waals surface area contributed by atoms with E-state index in [1.54, 1.807) is 0 Å². The Labute approximate surface area is 96.0 Å². The molecule has 5 heteroatoms. The molecule has 0 atom stereocenters. The summed E-state index contributed by atoms with van der Waals surface area (Å²) in [5.74, 6) is 0.553. The zero-order valence-electron chi connectivity index (χ0n) is 7.54. The molecule has 0 spiro atoms. The molecule has 1 heterocycles. The smallest absolute Gasteiger partial charge is 0.232 e. The number of hydrogen-bond donors (Lipinski definition) is 0. The van der Waals surface area contributed by atoms with E-state index < -0.39 is 0 Å². The standard InChI is InChI=1S/C9H10BrClN2O/c10-7-8(11)12-5-13-9(7)14-6-3-1-2-4-6/h5-6H,1-4H2. The molecular weight excluding hydrogens is 267 g/mol. The van der Waals surface area contributed by atoms with Crippen LogP contribution in [0.25, 0.3) is 0 Å². The molecule has 1 aromatic heterocycles. The van der Waals surface area contributed by atoms with Gasteiger partial charge in [-0.25, -0.2) is 9.97 Å². The van der Waals surface area contributed by atoms with E-state index in [0.29, 0.717) is 15.5 Å². The molecule has 0 aliphatic heterocycles. The highest BCUT2D eigenvalue weighted by Crippen LogP contribution is 2.31. The fraction of sp³-hybridized carbons (Fsp3) is 0.556. The average Bonchev–Trinajstić information content (AvgIpc) is 2.66. The minimum Gasteiger partial charge on any atom is -0.473 e. The summed E-state index contributed by atoms with van der Waals surface area (Å²) in [6.45, 7) is 0. The van der Waals surface area contributed by atoms with Crippen molar-refractivity contribution in [3.63, 3.8) is 0 Å². The van der Waals surface area contributed by atoms with E-state index >= 15 is 0 Å². The highest BCUT2D eigenvalue weighted by Gasteiger charge is 2.19. The van der Waals surface area contributed by atoms with Gasteiger partial charge in [-0.15, -0.1) is 0 Å². The lowest BCUT2D eigenvalue weighted by atomic mass is 10.3. The predicted molar refractivity (Wildman–Crippen MR) is 57.6 cm³/mol. The largest absolute Gasteiger partial charge is 0.473 e. The van der Waals surface area contributed by atoms with Gasteiger partial charge >= 0.3 is 0 Å². The molecular formula is C9H10BrClN2O. The van der Waals surface area contributed by atoms with Crippen molar-refractivity contribution in [2.24, 2.45) is 0 Å². The minimum absolute atomic E-state index is 0.289. The van der Waals surface area contributed by atoms with E-state index in [4.69, 9.17) is 16.3 Å². The van der Waals surface area contributed by atoms with Gasteiger partial charge < -0.3 is 4.74 Å². The summed E-state index contributed by atoms with van der Waals surface area (Å²) < 4.78 is 6.35. The maximum Gasteiger partial charge on any atom is 0.232 e. The van der Waals surface area contributed by atoms with Crippen LogP contribution in [0.3, 0.4) is 0 Å². The van der Waals surface area contributed by atoms with Crippen LogP contribution in [0.1, 0.15) is 25.7 Å². The SMILES string of the molecule is Clc1ncnc(OC2CCCC2)c1Br. The maximum absolute atomic E-state index is 5.82. The van der Waals surface area contributed by atoms with Gasteiger partial charge in [0.25, 0.3) is 0 Å². The summed E-state index contributed by atoms with van der Waals surface area (Å²) in [5.41, 5.74) is 0. The summed E-state index contributed by atoms with van der Waals surface area (Å²) >= 11 is 9.13. The first-order valence-corrected chi connectivity index (χ1v) is 5.77. The molecule has 1 aliphatic carbocycles. The number of rotatable bonds is 2. The first-order chi connectivity index (χ1) is 6.77. The Morgan fingerprint density at radius 2 is 2.07 bits per heavy atom. The summed E-state index contributed by atoms with van der Waals surface area (Å²) in [6.07, 6.45) is 6.39. The summed E-state index contributed by atoms with van der Waals surface area (Å²) in [7, 11) is 0. The van der Waals surface area contributed by atoms with Gasteiger partial charge in [0.05, 0.1) is 0 Å². The molecule has 0 saturated heterocycles. The molecule has 1 aromatic rings. The molecule has 1 saturated carbocycles. The van der Waals surface area contributed by atoms with Crippen molar-refractivity contribution in [2.75, 3.05) is 0 Å². The Balaban J connectivity index is 2.11. The predicted octanol–water partition coefficient (Wildman–Crippen LogP) is 3.21. The molecule has 0 bridgehead atoms. The molecule has 0 aromatic carbocycles.